The van der Waals surface area contributed by atoms with Crippen molar-refractivity contribution < 1.29 is 14.7 Å². The highest BCUT2D eigenvalue weighted by molar-refractivity contribution is 7.17. The molecule has 0 spiro atoms. The van der Waals surface area contributed by atoms with E-state index in [-0.39, 0.29) is 12.3 Å². The minimum absolute atomic E-state index is 0.102. The first-order chi connectivity index (χ1) is 9.97. The first-order valence-electron chi connectivity index (χ1n) is 6.53. The van der Waals surface area contributed by atoms with Gasteiger partial charge in [0.1, 0.15) is 9.88 Å². The zero-order valence-electron chi connectivity index (χ0n) is 11.8. The van der Waals surface area contributed by atoms with Gasteiger partial charge in [0.15, 0.2) is 0 Å². The number of carbonyl (C=O) groups excluding carboxylic acids is 1. The molecule has 0 saturated heterocycles. The summed E-state index contributed by atoms with van der Waals surface area (Å²) in [5, 5.41) is 12.2. The lowest BCUT2D eigenvalue weighted by molar-refractivity contribution is -0.137. The van der Waals surface area contributed by atoms with Crippen molar-refractivity contribution in [1.29, 1.82) is 0 Å². The third-order valence-electron chi connectivity index (χ3n) is 2.88. The Hall–Kier alpha value is -2.21. The van der Waals surface area contributed by atoms with Gasteiger partial charge in [-0.05, 0) is 13.8 Å². The fraction of sp³-hybridized carbons (Fsp3) is 0.267. The van der Waals surface area contributed by atoms with Crippen molar-refractivity contribution in [2.45, 2.75) is 26.3 Å². The van der Waals surface area contributed by atoms with Crippen LogP contribution in [0.4, 0.5) is 0 Å². The molecule has 1 atom stereocenters. The average molecular weight is 304 g/mol. The second-order valence-electron chi connectivity index (χ2n) is 4.77. The number of rotatable bonds is 5. The van der Waals surface area contributed by atoms with E-state index in [2.05, 4.69) is 10.3 Å². The van der Waals surface area contributed by atoms with Crippen molar-refractivity contribution >= 4 is 23.2 Å². The van der Waals surface area contributed by atoms with Crippen LogP contribution in [0, 0.1) is 6.92 Å². The Morgan fingerprint density at radius 1 is 1.33 bits per heavy atom. The summed E-state index contributed by atoms with van der Waals surface area (Å²) in [5.41, 5.74) is 1.61. The van der Waals surface area contributed by atoms with Gasteiger partial charge in [0.2, 0.25) is 0 Å². The number of carbonyl (C=O) groups is 2. The maximum atomic E-state index is 12.2. The SMILES string of the molecule is Cc1nc(-c2ccccc2)sc1C(=O)NC(C)CC(=O)O. The van der Waals surface area contributed by atoms with E-state index in [1.165, 1.54) is 11.3 Å². The lowest BCUT2D eigenvalue weighted by Gasteiger charge is -2.10. The molecule has 1 heterocycles. The van der Waals surface area contributed by atoms with E-state index < -0.39 is 12.0 Å². The summed E-state index contributed by atoms with van der Waals surface area (Å²) < 4.78 is 0. The third kappa shape index (κ3) is 3.88. The zero-order valence-corrected chi connectivity index (χ0v) is 12.6. The van der Waals surface area contributed by atoms with Crippen LogP contribution in [0.1, 0.15) is 28.7 Å². The number of carboxylic acids is 1. The van der Waals surface area contributed by atoms with E-state index in [1.807, 2.05) is 30.3 Å². The number of thiazole rings is 1. The number of amides is 1. The van der Waals surface area contributed by atoms with Gasteiger partial charge in [-0.2, -0.15) is 0 Å². The smallest absolute Gasteiger partial charge is 0.305 e. The number of nitrogens with zero attached hydrogens (tertiary/aromatic N) is 1. The molecule has 1 aromatic carbocycles. The molecule has 2 N–H and O–H groups in total. The van der Waals surface area contributed by atoms with Gasteiger partial charge in [0.05, 0.1) is 12.1 Å². The van der Waals surface area contributed by atoms with Crippen molar-refractivity contribution in [2.24, 2.45) is 0 Å². The zero-order chi connectivity index (χ0) is 15.4. The lowest BCUT2D eigenvalue weighted by Crippen LogP contribution is -2.34. The Kier molecular flexibility index (Phi) is 4.70. The second-order valence-corrected chi connectivity index (χ2v) is 5.77. The predicted molar refractivity (Wildman–Crippen MR) is 81.5 cm³/mol. The Bertz CT molecular complexity index is 652. The van der Waals surface area contributed by atoms with Crippen molar-refractivity contribution in [3.63, 3.8) is 0 Å². The number of nitrogens with one attached hydrogen (secondary N) is 1. The normalized spacial score (nSPS) is 11.9. The molecule has 2 rings (SSSR count). The third-order valence-corrected chi connectivity index (χ3v) is 4.09. The number of aliphatic carboxylic acids is 1. The van der Waals surface area contributed by atoms with Crippen LogP contribution in [0.25, 0.3) is 10.6 Å². The van der Waals surface area contributed by atoms with Crippen molar-refractivity contribution in [3.05, 3.63) is 40.9 Å². The van der Waals surface area contributed by atoms with E-state index >= 15 is 0 Å². The molecule has 0 saturated carbocycles. The largest absolute Gasteiger partial charge is 0.481 e. The monoisotopic (exact) mass is 304 g/mol. The summed E-state index contributed by atoms with van der Waals surface area (Å²) in [5.74, 6) is -1.21. The number of hydrogen-bond donors (Lipinski definition) is 2. The van der Waals surface area contributed by atoms with Gasteiger partial charge in [-0.3, -0.25) is 9.59 Å². The summed E-state index contributed by atoms with van der Waals surface area (Å²) in [6.45, 7) is 3.44. The number of hydrogen-bond acceptors (Lipinski definition) is 4. The number of aryl methyl sites for hydroxylation is 1. The number of aromatic nitrogens is 1. The summed E-state index contributed by atoms with van der Waals surface area (Å²) >= 11 is 1.31. The van der Waals surface area contributed by atoms with Crippen molar-refractivity contribution in [1.82, 2.24) is 10.3 Å². The Balaban J connectivity index is 2.16. The fourth-order valence-corrected chi connectivity index (χ4v) is 2.89. The summed E-state index contributed by atoms with van der Waals surface area (Å²) in [4.78, 5) is 27.7. The predicted octanol–water partition coefficient (Wildman–Crippen LogP) is 2.71. The van der Waals surface area contributed by atoms with Crippen LogP contribution in [0.3, 0.4) is 0 Å². The summed E-state index contributed by atoms with van der Waals surface area (Å²) in [7, 11) is 0. The standard InChI is InChI=1S/C15H16N2O3S/c1-9(8-12(18)19)16-14(20)13-10(2)17-15(21-13)11-6-4-3-5-7-11/h3-7,9H,8H2,1-2H3,(H,16,20)(H,18,19). The number of benzene rings is 1. The van der Waals surface area contributed by atoms with E-state index in [1.54, 1.807) is 13.8 Å². The quantitative estimate of drug-likeness (QED) is 0.890. The molecule has 2 aromatic rings. The molecular formula is C15H16N2O3S. The molecule has 0 fully saturated rings. The van der Waals surface area contributed by atoms with Crippen molar-refractivity contribution in [3.8, 4) is 10.6 Å². The van der Waals surface area contributed by atoms with Crippen LogP contribution < -0.4 is 5.32 Å². The molecule has 0 bridgehead atoms. The molecule has 1 amide bonds. The summed E-state index contributed by atoms with van der Waals surface area (Å²) in [6.07, 6.45) is -0.102. The van der Waals surface area contributed by atoms with E-state index in [4.69, 9.17) is 5.11 Å². The van der Waals surface area contributed by atoms with Gasteiger partial charge in [-0.25, -0.2) is 4.98 Å². The fourth-order valence-electron chi connectivity index (χ4n) is 1.91. The topological polar surface area (TPSA) is 79.3 Å². The molecule has 6 heteroatoms. The highest BCUT2D eigenvalue weighted by atomic mass is 32.1. The molecule has 1 unspecified atom stereocenters. The minimum Gasteiger partial charge on any atom is -0.481 e. The van der Waals surface area contributed by atoms with E-state index in [0.29, 0.717) is 10.6 Å². The lowest BCUT2D eigenvalue weighted by atomic mass is 10.2. The van der Waals surface area contributed by atoms with E-state index in [9.17, 15) is 9.59 Å². The van der Waals surface area contributed by atoms with Crippen molar-refractivity contribution in [2.75, 3.05) is 0 Å². The van der Waals surface area contributed by atoms with Gasteiger partial charge in [0, 0.05) is 11.6 Å². The highest BCUT2D eigenvalue weighted by Gasteiger charge is 2.18. The minimum atomic E-state index is -0.936. The first-order valence-corrected chi connectivity index (χ1v) is 7.34. The molecule has 0 radical (unpaired) electrons. The maximum Gasteiger partial charge on any atom is 0.305 e. The molecule has 5 nitrogen and oxygen atoms in total. The van der Waals surface area contributed by atoms with Gasteiger partial charge in [-0.15, -0.1) is 11.3 Å². The van der Waals surface area contributed by atoms with Gasteiger partial charge < -0.3 is 10.4 Å². The van der Waals surface area contributed by atoms with Crippen LogP contribution in [0.2, 0.25) is 0 Å². The first kappa shape index (κ1) is 15.2. The van der Waals surface area contributed by atoms with Gasteiger partial charge in [0.25, 0.3) is 5.91 Å². The van der Waals surface area contributed by atoms with Crippen LogP contribution in [-0.4, -0.2) is 28.0 Å². The van der Waals surface area contributed by atoms with Crippen LogP contribution in [-0.2, 0) is 4.79 Å². The molecule has 0 aliphatic carbocycles. The van der Waals surface area contributed by atoms with Gasteiger partial charge in [-0.1, -0.05) is 30.3 Å². The molecule has 0 aliphatic rings. The number of carboxylic acid groups (broad SMARTS) is 1. The summed E-state index contributed by atoms with van der Waals surface area (Å²) in [6, 6.07) is 9.21. The molecule has 1 aromatic heterocycles. The van der Waals surface area contributed by atoms with Gasteiger partial charge >= 0.3 is 5.97 Å². The average Bonchev–Trinajstić information content (AvgIpc) is 2.81. The van der Waals surface area contributed by atoms with Crippen LogP contribution >= 0.6 is 11.3 Å². The van der Waals surface area contributed by atoms with Crippen LogP contribution in [0.15, 0.2) is 30.3 Å². The maximum absolute atomic E-state index is 12.2. The molecular weight excluding hydrogens is 288 g/mol. The Morgan fingerprint density at radius 3 is 2.62 bits per heavy atom. The van der Waals surface area contributed by atoms with E-state index in [0.717, 1.165) is 10.6 Å². The molecule has 0 aliphatic heterocycles. The highest BCUT2D eigenvalue weighted by Crippen LogP contribution is 2.27. The van der Waals surface area contributed by atoms with Crippen LogP contribution in [0.5, 0.6) is 0 Å². The second kappa shape index (κ2) is 6.49. The molecule has 21 heavy (non-hydrogen) atoms. The Labute approximate surface area is 126 Å². The molecule has 110 valence electrons. The Morgan fingerprint density at radius 2 is 2.00 bits per heavy atom.